The van der Waals surface area contributed by atoms with Gasteiger partial charge in [-0.05, 0) is 73.9 Å². The zero-order valence-corrected chi connectivity index (χ0v) is 18.9. The van der Waals surface area contributed by atoms with Crippen molar-refractivity contribution in [2.24, 2.45) is 0 Å². The molecule has 0 saturated heterocycles. The Balaban J connectivity index is 1.89. The number of aromatic nitrogens is 3. The summed E-state index contributed by atoms with van der Waals surface area (Å²) in [6, 6.07) is 12.4. The van der Waals surface area contributed by atoms with E-state index >= 15 is 0 Å². The van der Waals surface area contributed by atoms with Crippen LogP contribution in [0.3, 0.4) is 0 Å². The second-order valence-electron chi connectivity index (χ2n) is 6.34. The highest BCUT2D eigenvalue weighted by Gasteiger charge is 2.18. The minimum Gasteiger partial charge on any atom is -0.462 e. The number of hydrogen-bond donors (Lipinski definition) is 0. The summed E-state index contributed by atoms with van der Waals surface area (Å²) in [4.78, 5) is 29.9. The van der Waals surface area contributed by atoms with Gasteiger partial charge in [-0.1, -0.05) is 23.1 Å². The summed E-state index contributed by atoms with van der Waals surface area (Å²) < 4.78 is 22.4. The molecule has 0 amide bonds. The Labute approximate surface area is 189 Å². The first-order valence-corrected chi connectivity index (χ1v) is 11.7. The lowest BCUT2D eigenvalue weighted by atomic mass is 10.2. The van der Waals surface area contributed by atoms with Gasteiger partial charge in [-0.15, -0.1) is 0 Å². The molecule has 0 saturated carbocycles. The van der Waals surface area contributed by atoms with Gasteiger partial charge in [0.05, 0.1) is 17.9 Å². The molecular weight excluding hydrogens is 457 g/mol. The van der Waals surface area contributed by atoms with Gasteiger partial charge >= 0.3 is 5.97 Å². The number of benzene rings is 2. The molecule has 0 aliphatic heterocycles. The Kier molecular flexibility index (Phi) is 6.03. The van der Waals surface area contributed by atoms with Crippen molar-refractivity contribution >= 4 is 51.6 Å². The van der Waals surface area contributed by atoms with Gasteiger partial charge in [-0.3, -0.25) is 13.9 Å². The third-order valence-electron chi connectivity index (χ3n) is 4.48. The summed E-state index contributed by atoms with van der Waals surface area (Å²) in [5.41, 5.74) is 1.79. The summed E-state index contributed by atoms with van der Waals surface area (Å²) in [5, 5.41) is 0.453. The molecule has 2 heterocycles. The predicted octanol–water partition coefficient (Wildman–Crippen LogP) is 5.01. The van der Waals surface area contributed by atoms with Crippen LogP contribution in [0.2, 0.25) is 0 Å². The minimum absolute atomic E-state index is 0.279. The average molecular weight is 474 g/mol. The standard InChI is InChI=1S/C21H16FN3O3S3/c1-3-28-19(27)12-4-8-14(9-5-12)24-17-16(31-21(24)29)18(26)25(20(23-17)30-2)15-10-6-13(22)7-11-15/h4-11H,3H2,1-2H3. The van der Waals surface area contributed by atoms with Crippen molar-refractivity contribution < 1.29 is 13.9 Å². The van der Waals surface area contributed by atoms with E-state index in [1.807, 2.05) is 6.26 Å². The maximum absolute atomic E-state index is 13.4. The van der Waals surface area contributed by atoms with Crippen LogP contribution < -0.4 is 5.56 Å². The molecule has 4 aromatic rings. The van der Waals surface area contributed by atoms with E-state index in [4.69, 9.17) is 17.0 Å². The Morgan fingerprint density at radius 1 is 1.13 bits per heavy atom. The highest BCUT2D eigenvalue weighted by molar-refractivity contribution is 7.98. The molecule has 0 fully saturated rings. The number of thioether (sulfide) groups is 1. The van der Waals surface area contributed by atoms with Gasteiger partial charge in [0.1, 0.15) is 10.5 Å². The van der Waals surface area contributed by atoms with Gasteiger partial charge in [0.15, 0.2) is 14.8 Å². The van der Waals surface area contributed by atoms with Crippen molar-refractivity contribution in [3.05, 3.63) is 74.2 Å². The number of carbonyl (C=O) groups is 1. The molecule has 0 bridgehead atoms. The van der Waals surface area contributed by atoms with E-state index in [0.29, 0.717) is 43.0 Å². The lowest BCUT2D eigenvalue weighted by molar-refractivity contribution is 0.0526. The van der Waals surface area contributed by atoms with Crippen LogP contribution in [0, 0.1) is 9.77 Å². The maximum atomic E-state index is 13.4. The zero-order chi connectivity index (χ0) is 22.1. The number of fused-ring (bicyclic) bond motifs is 1. The van der Waals surface area contributed by atoms with Crippen LogP contribution in [-0.2, 0) is 4.74 Å². The van der Waals surface area contributed by atoms with Crippen LogP contribution in [0.5, 0.6) is 0 Å². The minimum atomic E-state index is -0.405. The van der Waals surface area contributed by atoms with Gasteiger partial charge in [-0.25, -0.2) is 14.2 Å². The Hall–Kier alpha value is -2.82. The van der Waals surface area contributed by atoms with E-state index in [1.54, 1.807) is 35.8 Å². The molecule has 0 unspecified atom stereocenters. The van der Waals surface area contributed by atoms with Crippen LogP contribution in [0.1, 0.15) is 17.3 Å². The number of nitrogens with zero attached hydrogens (tertiary/aromatic N) is 3. The van der Waals surface area contributed by atoms with Crippen LogP contribution in [0.15, 0.2) is 58.5 Å². The number of hydrogen-bond acceptors (Lipinski definition) is 7. The largest absolute Gasteiger partial charge is 0.462 e. The molecule has 0 spiro atoms. The fourth-order valence-corrected chi connectivity index (χ4v) is 4.93. The monoisotopic (exact) mass is 473 g/mol. The Morgan fingerprint density at radius 3 is 2.35 bits per heavy atom. The maximum Gasteiger partial charge on any atom is 0.338 e. The number of esters is 1. The first-order valence-electron chi connectivity index (χ1n) is 9.20. The highest BCUT2D eigenvalue weighted by atomic mass is 32.2. The Morgan fingerprint density at radius 2 is 1.74 bits per heavy atom. The van der Waals surface area contributed by atoms with Gasteiger partial charge < -0.3 is 4.74 Å². The normalized spacial score (nSPS) is 11.1. The number of ether oxygens (including phenoxy) is 1. The van der Waals surface area contributed by atoms with Crippen molar-refractivity contribution in [2.45, 2.75) is 12.1 Å². The fourth-order valence-electron chi connectivity index (χ4n) is 3.08. The molecule has 4 rings (SSSR count). The zero-order valence-electron chi connectivity index (χ0n) is 16.5. The van der Waals surface area contributed by atoms with E-state index < -0.39 is 5.97 Å². The van der Waals surface area contributed by atoms with Gasteiger partial charge in [0.2, 0.25) is 0 Å². The van der Waals surface area contributed by atoms with Crippen LogP contribution in [0.4, 0.5) is 4.39 Å². The SMILES string of the molecule is CCOC(=O)c1ccc(-n2c(=S)sc3c(=O)n(-c4ccc(F)cc4)c(SC)nc32)cc1. The molecule has 0 aliphatic carbocycles. The lowest BCUT2D eigenvalue weighted by Gasteiger charge is -2.11. The van der Waals surface area contributed by atoms with Crippen molar-refractivity contribution in [2.75, 3.05) is 12.9 Å². The third-order valence-corrected chi connectivity index (χ3v) is 6.47. The molecule has 2 aromatic heterocycles. The summed E-state index contributed by atoms with van der Waals surface area (Å²) >= 11 is 7.98. The molecule has 0 radical (unpaired) electrons. The van der Waals surface area contributed by atoms with E-state index in [9.17, 15) is 14.0 Å². The average Bonchev–Trinajstić information content (AvgIpc) is 3.11. The molecule has 0 aliphatic rings. The fraction of sp³-hybridized carbons (Fsp3) is 0.143. The highest BCUT2D eigenvalue weighted by Crippen LogP contribution is 2.27. The summed E-state index contributed by atoms with van der Waals surface area (Å²) in [6.07, 6.45) is 1.81. The molecule has 158 valence electrons. The first-order chi connectivity index (χ1) is 14.9. The van der Waals surface area contributed by atoms with E-state index in [0.717, 1.165) is 11.3 Å². The molecule has 10 heteroatoms. The number of halogens is 1. The number of thiazole rings is 1. The van der Waals surface area contributed by atoms with Crippen LogP contribution in [0.25, 0.3) is 21.7 Å². The second-order valence-corrected chi connectivity index (χ2v) is 8.76. The van der Waals surface area contributed by atoms with Crippen molar-refractivity contribution in [1.82, 2.24) is 14.1 Å². The van der Waals surface area contributed by atoms with Crippen LogP contribution >= 0.6 is 35.3 Å². The summed E-state index contributed by atoms with van der Waals surface area (Å²) in [6.45, 7) is 2.04. The quantitative estimate of drug-likeness (QED) is 0.176. The topological polar surface area (TPSA) is 66.1 Å². The summed E-state index contributed by atoms with van der Waals surface area (Å²) in [7, 11) is 0. The predicted molar refractivity (Wildman–Crippen MR) is 123 cm³/mol. The molecule has 0 N–H and O–H groups in total. The molecule has 2 aromatic carbocycles. The van der Waals surface area contributed by atoms with Crippen molar-refractivity contribution in [3.63, 3.8) is 0 Å². The van der Waals surface area contributed by atoms with Crippen LogP contribution in [-0.4, -0.2) is 33.0 Å². The summed E-state index contributed by atoms with van der Waals surface area (Å²) in [5.74, 6) is -0.789. The van der Waals surface area contributed by atoms with Crippen molar-refractivity contribution in [1.29, 1.82) is 0 Å². The van der Waals surface area contributed by atoms with Gasteiger partial charge in [0, 0.05) is 5.69 Å². The van der Waals surface area contributed by atoms with Crippen molar-refractivity contribution in [3.8, 4) is 11.4 Å². The van der Waals surface area contributed by atoms with Gasteiger partial charge in [0.25, 0.3) is 5.56 Å². The number of rotatable bonds is 5. The lowest BCUT2D eigenvalue weighted by Crippen LogP contribution is -2.21. The second kappa shape index (κ2) is 8.74. The van der Waals surface area contributed by atoms with E-state index in [2.05, 4.69) is 4.98 Å². The first kappa shape index (κ1) is 21.4. The van der Waals surface area contributed by atoms with E-state index in [1.165, 1.54) is 40.6 Å². The third kappa shape index (κ3) is 3.93. The smallest absolute Gasteiger partial charge is 0.338 e. The molecule has 31 heavy (non-hydrogen) atoms. The number of carbonyl (C=O) groups excluding carboxylic acids is 1. The van der Waals surface area contributed by atoms with E-state index in [-0.39, 0.29) is 11.4 Å². The molecular formula is C21H16FN3O3S3. The Bertz CT molecular complexity index is 1390. The molecule has 6 nitrogen and oxygen atoms in total. The van der Waals surface area contributed by atoms with Gasteiger partial charge in [-0.2, -0.15) is 0 Å². The molecule has 0 atom stereocenters.